The molecule has 2 N–H and O–H groups in total. The summed E-state index contributed by atoms with van der Waals surface area (Å²) in [5.41, 5.74) is 1.98. The van der Waals surface area contributed by atoms with Crippen molar-refractivity contribution in [2.45, 2.75) is 32.2 Å². The van der Waals surface area contributed by atoms with E-state index in [2.05, 4.69) is 12.2 Å². The second-order valence-electron chi connectivity index (χ2n) is 5.50. The van der Waals surface area contributed by atoms with Gasteiger partial charge in [-0.2, -0.15) is 0 Å². The third-order valence-electron chi connectivity index (χ3n) is 3.65. The van der Waals surface area contributed by atoms with Crippen molar-refractivity contribution in [2.24, 2.45) is 0 Å². The zero-order valence-electron chi connectivity index (χ0n) is 13.2. The first kappa shape index (κ1) is 16.7. The van der Waals surface area contributed by atoms with Crippen LogP contribution < -0.4 is 5.32 Å². The fraction of sp³-hybridized carbons (Fsp3) is 0.263. The van der Waals surface area contributed by atoms with Crippen LogP contribution in [0.4, 0.5) is 0 Å². The number of nitrogens with one attached hydrogen (secondary N) is 1. The quantitative estimate of drug-likeness (QED) is 0.821. The van der Waals surface area contributed by atoms with Crippen LogP contribution in [0.2, 0.25) is 0 Å². The Labute approximate surface area is 136 Å². The van der Waals surface area contributed by atoms with Crippen LogP contribution in [0.15, 0.2) is 54.6 Å². The molecule has 0 saturated heterocycles. The van der Waals surface area contributed by atoms with Gasteiger partial charge in [0, 0.05) is 0 Å². The van der Waals surface area contributed by atoms with Crippen molar-refractivity contribution in [3.63, 3.8) is 0 Å². The Balaban J connectivity index is 2.05. The smallest absolute Gasteiger partial charge is 0.335 e. The molecule has 0 heterocycles. The van der Waals surface area contributed by atoms with Crippen LogP contribution in [0.5, 0.6) is 0 Å². The second kappa shape index (κ2) is 8.13. The van der Waals surface area contributed by atoms with E-state index in [0.717, 1.165) is 18.4 Å². The van der Waals surface area contributed by atoms with E-state index in [4.69, 9.17) is 5.11 Å². The van der Waals surface area contributed by atoms with Crippen LogP contribution in [-0.4, -0.2) is 17.0 Å². The number of carboxylic acid groups (broad SMARTS) is 1. The van der Waals surface area contributed by atoms with Gasteiger partial charge < -0.3 is 10.4 Å². The molecular weight excluding hydrogens is 290 g/mol. The van der Waals surface area contributed by atoms with Gasteiger partial charge in [-0.3, -0.25) is 4.79 Å². The first-order valence-electron chi connectivity index (χ1n) is 7.76. The van der Waals surface area contributed by atoms with E-state index in [9.17, 15) is 9.59 Å². The molecule has 23 heavy (non-hydrogen) atoms. The van der Waals surface area contributed by atoms with Crippen molar-refractivity contribution in [1.82, 2.24) is 5.32 Å². The molecule has 0 aromatic heterocycles. The summed E-state index contributed by atoms with van der Waals surface area (Å²) in [6.07, 6.45) is 2.01. The summed E-state index contributed by atoms with van der Waals surface area (Å²) in [7, 11) is 0. The lowest BCUT2D eigenvalue weighted by atomic mass is 10.0. The van der Waals surface area contributed by atoms with Crippen molar-refractivity contribution in [2.75, 3.05) is 0 Å². The van der Waals surface area contributed by atoms with Crippen LogP contribution in [-0.2, 0) is 11.2 Å². The maximum Gasteiger partial charge on any atom is 0.335 e. The molecule has 0 fully saturated rings. The Kier molecular flexibility index (Phi) is 5.92. The monoisotopic (exact) mass is 311 g/mol. The minimum Gasteiger partial charge on any atom is -0.478 e. The lowest BCUT2D eigenvalue weighted by Crippen LogP contribution is -2.29. The van der Waals surface area contributed by atoms with E-state index in [1.165, 1.54) is 6.07 Å². The minimum absolute atomic E-state index is 0.0173. The molecule has 1 atom stereocenters. The van der Waals surface area contributed by atoms with Gasteiger partial charge >= 0.3 is 5.97 Å². The average Bonchev–Trinajstić information content (AvgIpc) is 2.55. The third-order valence-corrected chi connectivity index (χ3v) is 3.65. The van der Waals surface area contributed by atoms with Crippen molar-refractivity contribution < 1.29 is 14.7 Å². The van der Waals surface area contributed by atoms with Gasteiger partial charge in [0.25, 0.3) is 0 Å². The number of carboxylic acids is 1. The Bertz CT molecular complexity index is 667. The second-order valence-corrected chi connectivity index (χ2v) is 5.50. The van der Waals surface area contributed by atoms with Crippen molar-refractivity contribution in [3.8, 4) is 0 Å². The van der Waals surface area contributed by atoms with E-state index in [1.807, 2.05) is 30.3 Å². The lowest BCUT2D eigenvalue weighted by Gasteiger charge is -2.18. The molecular formula is C19H21NO3. The van der Waals surface area contributed by atoms with Crippen LogP contribution in [0.1, 0.15) is 47.3 Å². The summed E-state index contributed by atoms with van der Waals surface area (Å²) in [5.74, 6) is -1.09. The standard InChI is InChI=1S/C19H21NO3/c1-2-7-17(15-9-4-3-5-10-15)20-18(21)13-14-8-6-11-16(12-14)19(22)23/h3-6,8-12,17H,2,7,13H2,1H3,(H,20,21)(H,22,23). The molecule has 4 nitrogen and oxygen atoms in total. The molecule has 0 spiro atoms. The SMILES string of the molecule is CCCC(NC(=O)Cc1cccc(C(=O)O)c1)c1ccccc1. The third kappa shape index (κ3) is 4.95. The van der Waals surface area contributed by atoms with Gasteiger partial charge in [0.2, 0.25) is 5.91 Å². The van der Waals surface area contributed by atoms with Crippen molar-refractivity contribution >= 4 is 11.9 Å². The molecule has 4 heteroatoms. The lowest BCUT2D eigenvalue weighted by molar-refractivity contribution is -0.121. The molecule has 0 radical (unpaired) electrons. The molecule has 2 aromatic carbocycles. The highest BCUT2D eigenvalue weighted by atomic mass is 16.4. The summed E-state index contributed by atoms with van der Waals surface area (Å²) >= 11 is 0. The highest BCUT2D eigenvalue weighted by Crippen LogP contribution is 2.18. The molecule has 120 valence electrons. The van der Waals surface area contributed by atoms with Crippen LogP contribution in [0.25, 0.3) is 0 Å². The first-order valence-corrected chi connectivity index (χ1v) is 7.76. The molecule has 2 aromatic rings. The van der Waals surface area contributed by atoms with Gasteiger partial charge in [-0.25, -0.2) is 4.79 Å². The zero-order valence-corrected chi connectivity index (χ0v) is 13.2. The Hall–Kier alpha value is -2.62. The molecule has 0 aliphatic heterocycles. The Morgan fingerprint density at radius 2 is 1.83 bits per heavy atom. The van der Waals surface area contributed by atoms with Gasteiger partial charge in [0.1, 0.15) is 0 Å². The molecule has 1 unspecified atom stereocenters. The van der Waals surface area contributed by atoms with Crippen molar-refractivity contribution in [3.05, 3.63) is 71.3 Å². The summed E-state index contributed by atoms with van der Waals surface area (Å²) in [6.45, 7) is 2.08. The van der Waals surface area contributed by atoms with Gasteiger partial charge in [-0.05, 0) is 29.7 Å². The minimum atomic E-state index is -0.986. The first-order chi connectivity index (χ1) is 11.1. The summed E-state index contributed by atoms with van der Waals surface area (Å²) < 4.78 is 0. The molecule has 1 amide bonds. The van der Waals surface area contributed by atoms with E-state index < -0.39 is 5.97 Å². The summed E-state index contributed by atoms with van der Waals surface area (Å²) in [4.78, 5) is 23.3. The molecule has 0 saturated carbocycles. The number of hydrogen-bond acceptors (Lipinski definition) is 2. The zero-order chi connectivity index (χ0) is 16.7. The number of rotatable bonds is 7. The average molecular weight is 311 g/mol. The van der Waals surface area contributed by atoms with Gasteiger partial charge in [-0.15, -0.1) is 0 Å². The highest BCUT2D eigenvalue weighted by Gasteiger charge is 2.14. The predicted octanol–water partition coefficient (Wildman–Crippen LogP) is 3.58. The molecule has 0 aliphatic rings. The summed E-state index contributed by atoms with van der Waals surface area (Å²) in [5, 5.41) is 12.1. The maximum atomic E-state index is 12.3. The number of benzene rings is 2. The van der Waals surface area contributed by atoms with Gasteiger partial charge in [0.15, 0.2) is 0 Å². The number of carbonyl (C=O) groups is 2. The van der Waals surface area contributed by atoms with Crippen LogP contribution >= 0.6 is 0 Å². The Morgan fingerprint density at radius 1 is 1.09 bits per heavy atom. The van der Waals surface area contributed by atoms with Gasteiger partial charge in [-0.1, -0.05) is 55.8 Å². The molecule has 0 aliphatic carbocycles. The fourth-order valence-electron chi connectivity index (χ4n) is 2.54. The van der Waals surface area contributed by atoms with E-state index in [0.29, 0.717) is 5.56 Å². The number of aromatic carboxylic acids is 1. The van der Waals surface area contributed by atoms with E-state index in [1.54, 1.807) is 18.2 Å². The topological polar surface area (TPSA) is 66.4 Å². The largest absolute Gasteiger partial charge is 0.478 e. The van der Waals surface area contributed by atoms with Crippen LogP contribution in [0, 0.1) is 0 Å². The fourth-order valence-corrected chi connectivity index (χ4v) is 2.54. The number of hydrogen-bond donors (Lipinski definition) is 2. The predicted molar refractivity (Wildman–Crippen MR) is 89.3 cm³/mol. The van der Waals surface area contributed by atoms with Crippen LogP contribution in [0.3, 0.4) is 0 Å². The Morgan fingerprint density at radius 3 is 2.48 bits per heavy atom. The molecule has 2 rings (SSSR count). The van der Waals surface area contributed by atoms with E-state index in [-0.39, 0.29) is 23.9 Å². The maximum absolute atomic E-state index is 12.3. The summed E-state index contributed by atoms with van der Waals surface area (Å²) in [6, 6.07) is 16.4. The number of amides is 1. The highest BCUT2D eigenvalue weighted by molar-refractivity contribution is 5.88. The number of carbonyl (C=O) groups excluding carboxylic acids is 1. The van der Waals surface area contributed by atoms with Gasteiger partial charge in [0.05, 0.1) is 18.0 Å². The molecule has 0 bridgehead atoms. The van der Waals surface area contributed by atoms with E-state index >= 15 is 0 Å². The normalized spacial score (nSPS) is 11.7. The van der Waals surface area contributed by atoms with Crippen molar-refractivity contribution in [1.29, 1.82) is 0 Å².